The number of aromatic amines is 1. The third-order valence-electron chi connectivity index (χ3n) is 4.53. The van der Waals surface area contributed by atoms with Crippen molar-refractivity contribution in [2.24, 2.45) is 7.05 Å². The molecule has 31 heavy (non-hydrogen) atoms. The largest absolute Gasteiger partial charge is 0.497 e. The van der Waals surface area contributed by atoms with Gasteiger partial charge in [0.2, 0.25) is 0 Å². The quantitative estimate of drug-likeness (QED) is 0.446. The Balaban J connectivity index is 1.39. The SMILES string of the molecule is COc1cccc(-c2cc(C(=O)Nc3ccc(NC(=O)c4ccn(C)n4)cc3)[nH]n2)c1. The standard InChI is InChI=1S/C22H20N6O3/c1-28-11-10-18(27-28)21(29)23-15-6-8-16(9-7-15)24-22(30)20-13-19(25-26-20)14-4-3-5-17(12-14)31-2/h3-13H,1-2H3,(H,23,29)(H,24,30)(H,25,26). The number of amides is 2. The summed E-state index contributed by atoms with van der Waals surface area (Å²) >= 11 is 0. The van der Waals surface area contributed by atoms with E-state index in [1.54, 1.807) is 61.4 Å². The van der Waals surface area contributed by atoms with Crippen LogP contribution in [0.5, 0.6) is 5.75 Å². The van der Waals surface area contributed by atoms with Gasteiger partial charge in [0.1, 0.15) is 11.4 Å². The fourth-order valence-electron chi connectivity index (χ4n) is 2.93. The summed E-state index contributed by atoms with van der Waals surface area (Å²) in [6.07, 6.45) is 1.70. The van der Waals surface area contributed by atoms with Crippen LogP contribution in [0.4, 0.5) is 11.4 Å². The van der Waals surface area contributed by atoms with Crippen LogP contribution in [0.1, 0.15) is 21.0 Å². The minimum atomic E-state index is -0.327. The monoisotopic (exact) mass is 416 g/mol. The van der Waals surface area contributed by atoms with Gasteiger partial charge in [-0.25, -0.2) is 0 Å². The van der Waals surface area contributed by atoms with Gasteiger partial charge in [-0.2, -0.15) is 10.2 Å². The molecule has 2 amide bonds. The zero-order chi connectivity index (χ0) is 21.8. The van der Waals surface area contributed by atoms with E-state index in [4.69, 9.17) is 4.74 Å². The number of rotatable bonds is 6. The summed E-state index contributed by atoms with van der Waals surface area (Å²) in [7, 11) is 3.34. The smallest absolute Gasteiger partial charge is 0.276 e. The average Bonchev–Trinajstić information content (AvgIpc) is 3.45. The minimum absolute atomic E-state index is 0.306. The van der Waals surface area contributed by atoms with Gasteiger partial charge in [-0.15, -0.1) is 0 Å². The van der Waals surface area contributed by atoms with Crippen LogP contribution in [0.2, 0.25) is 0 Å². The van der Waals surface area contributed by atoms with Crippen LogP contribution < -0.4 is 15.4 Å². The van der Waals surface area contributed by atoms with Gasteiger partial charge < -0.3 is 15.4 Å². The number of aryl methyl sites for hydroxylation is 1. The first-order valence-electron chi connectivity index (χ1n) is 9.44. The van der Waals surface area contributed by atoms with Crippen molar-refractivity contribution in [3.8, 4) is 17.0 Å². The zero-order valence-corrected chi connectivity index (χ0v) is 16.9. The first-order valence-corrected chi connectivity index (χ1v) is 9.44. The Morgan fingerprint density at radius 1 is 0.968 bits per heavy atom. The maximum Gasteiger partial charge on any atom is 0.276 e. The Morgan fingerprint density at radius 3 is 2.32 bits per heavy atom. The molecule has 0 saturated carbocycles. The normalized spacial score (nSPS) is 10.5. The summed E-state index contributed by atoms with van der Waals surface area (Å²) in [5.74, 6) is 0.0774. The lowest BCUT2D eigenvalue weighted by Gasteiger charge is -2.06. The first kappa shape index (κ1) is 19.9. The summed E-state index contributed by atoms with van der Waals surface area (Å²) in [5.41, 5.74) is 3.30. The molecule has 2 aromatic carbocycles. The zero-order valence-electron chi connectivity index (χ0n) is 16.9. The number of carbonyl (C=O) groups excluding carboxylic acids is 2. The van der Waals surface area contributed by atoms with Crippen LogP contribution in [0.15, 0.2) is 66.9 Å². The third-order valence-corrected chi connectivity index (χ3v) is 4.53. The Kier molecular flexibility index (Phi) is 5.48. The highest BCUT2D eigenvalue weighted by Gasteiger charge is 2.13. The molecule has 2 heterocycles. The number of ether oxygens (including phenoxy) is 1. The van der Waals surface area contributed by atoms with Crippen molar-refractivity contribution in [1.82, 2.24) is 20.0 Å². The van der Waals surface area contributed by atoms with E-state index in [1.165, 1.54) is 0 Å². The predicted octanol–water partition coefficient (Wildman–Crippen LogP) is 3.32. The van der Waals surface area contributed by atoms with E-state index in [1.807, 2.05) is 24.3 Å². The molecule has 0 saturated heterocycles. The van der Waals surface area contributed by atoms with Crippen molar-refractivity contribution >= 4 is 23.2 Å². The lowest BCUT2D eigenvalue weighted by atomic mass is 10.1. The van der Waals surface area contributed by atoms with E-state index in [-0.39, 0.29) is 11.8 Å². The van der Waals surface area contributed by atoms with E-state index < -0.39 is 0 Å². The minimum Gasteiger partial charge on any atom is -0.497 e. The molecular weight excluding hydrogens is 396 g/mol. The van der Waals surface area contributed by atoms with Gasteiger partial charge in [0.25, 0.3) is 11.8 Å². The number of carbonyl (C=O) groups is 2. The van der Waals surface area contributed by atoms with Crippen LogP contribution in [0, 0.1) is 0 Å². The van der Waals surface area contributed by atoms with Crippen LogP contribution in [-0.4, -0.2) is 38.9 Å². The summed E-state index contributed by atoms with van der Waals surface area (Å²) in [5, 5.41) is 16.6. The topological polar surface area (TPSA) is 114 Å². The predicted molar refractivity (Wildman–Crippen MR) is 116 cm³/mol. The van der Waals surface area contributed by atoms with Gasteiger partial charge >= 0.3 is 0 Å². The average molecular weight is 416 g/mol. The number of nitrogens with zero attached hydrogens (tertiary/aromatic N) is 3. The third kappa shape index (κ3) is 4.61. The number of hydrogen-bond donors (Lipinski definition) is 3. The highest BCUT2D eigenvalue weighted by molar-refractivity contribution is 6.04. The molecule has 0 radical (unpaired) electrons. The first-order chi connectivity index (χ1) is 15.0. The number of H-pyrrole nitrogens is 1. The van der Waals surface area contributed by atoms with E-state index in [0.29, 0.717) is 34.2 Å². The maximum absolute atomic E-state index is 12.5. The Bertz CT molecular complexity index is 1230. The molecule has 9 heteroatoms. The molecule has 2 aromatic heterocycles. The second-order valence-corrected chi connectivity index (χ2v) is 6.76. The van der Waals surface area contributed by atoms with Gasteiger partial charge in [-0.05, 0) is 48.5 Å². The van der Waals surface area contributed by atoms with Crippen molar-refractivity contribution in [2.75, 3.05) is 17.7 Å². The number of anilines is 2. The van der Waals surface area contributed by atoms with Gasteiger partial charge in [0, 0.05) is 30.2 Å². The van der Waals surface area contributed by atoms with Gasteiger partial charge in [0.15, 0.2) is 5.69 Å². The van der Waals surface area contributed by atoms with Crippen LogP contribution in [0.3, 0.4) is 0 Å². The molecule has 0 aliphatic rings. The van der Waals surface area contributed by atoms with Crippen molar-refractivity contribution in [3.05, 3.63) is 78.2 Å². The van der Waals surface area contributed by atoms with Gasteiger partial charge in [0.05, 0.1) is 12.8 Å². The van der Waals surface area contributed by atoms with Crippen LogP contribution in [-0.2, 0) is 7.05 Å². The number of methoxy groups -OCH3 is 1. The number of nitrogens with one attached hydrogen (secondary N) is 3. The maximum atomic E-state index is 12.5. The van der Waals surface area contributed by atoms with Crippen molar-refractivity contribution < 1.29 is 14.3 Å². The van der Waals surface area contributed by atoms with E-state index in [9.17, 15) is 9.59 Å². The lowest BCUT2D eigenvalue weighted by Crippen LogP contribution is -2.14. The lowest BCUT2D eigenvalue weighted by molar-refractivity contribution is 0.101. The molecule has 0 bridgehead atoms. The van der Waals surface area contributed by atoms with Crippen molar-refractivity contribution in [3.63, 3.8) is 0 Å². The Morgan fingerprint density at radius 2 is 1.68 bits per heavy atom. The highest BCUT2D eigenvalue weighted by atomic mass is 16.5. The van der Waals surface area contributed by atoms with Crippen molar-refractivity contribution in [1.29, 1.82) is 0 Å². The molecule has 0 atom stereocenters. The van der Waals surface area contributed by atoms with Gasteiger partial charge in [-0.1, -0.05) is 12.1 Å². The van der Waals surface area contributed by atoms with Crippen LogP contribution >= 0.6 is 0 Å². The molecule has 4 aromatic rings. The Hall–Kier alpha value is -4.40. The molecule has 0 spiro atoms. The van der Waals surface area contributed by atoms with E-state index >= 15 is 0 Å². The fraction of sp³-hybridized carbons (Fsp3) is 0.0909. The van der Waals surface area contributed by atoms with E-state index in [2.05, 4.69) is 25.9 Å². The number of hydrogen-bond acceptors (Lipinski definition) is 5. The van der Waals surface area contributed by atoms with E-state index in [0.717, 1.165) is 5.56 Å². The second-order valence-electron chi connectivity index (χ2n) is 6.76. The molecule has 0 aliphatic heterocycles. The van der Waals surface area contributed by atoms with Crippen molar-refractivity contribution in [2.45, 2.75) is 0 Å². The molecule has 0 fully saturated rings. The summed E-state index contributed by atoms with van der Waals surface area (Å²) in [6, 6.07) is 17.5. The molecule has 9 nitrogen and oxygen atoms in total. The number of benzene rings is 2. The molecule has 4 rings (SSSR count). The van der Waals surface area contributed by atoms with Crippen LogP contribution in [0.25, 0.3) is 11.3 Å². The van der Waals surface area contributed by atoms with Gasteiger partial charge in [-0.3, -0.25) is 19.4 Å². The summed E-state index contributed by atoms with van der Waals surface area (Å²) in [6.45, 7) is 0. The Labute approximate surface area is 178 Å². The second kappa shape index (κ2) is 8.54. The molecule has 0 unspecified atom stereocenters. The summed E-state index contributed by atoms with van der Waals surface area (Å²) < 4.78 is 6.78. The summed E-state index contributed by atoms with van der Waals surface area (Å²) in [4.78, 5) is 24.7. The molecule has 0 aliphatic carbocycles. The number of aromatic nitrogens is 4. The fourth-order valence-corrected chi connectivity index (χ4v) is 2.93. The molecule has 156 valence electrons. The molecule has 3 N–H and O–H groups in total. The highest BCUT2D eigenvalue weighted by Crippen LogP contribution is 2.23. The molecular formula is C22H20N6O3.